The molecule has 6 heteroatoms. The lowest BCUT2D eigenvalue weighted by Crippen LogP contribution is -2.45. The van der Waals surface area contributed by atoms with E-state index in [0.717, 1.165) is 70.6 Å². The van der Waals surface area contributed by atoms with Crippen molar-refractivity contribution in [2.75, 3.05) is 13.2 Å². The molecule has 0 bridgehead atoms. The monoisotopic (exact) mass is 902 g/mol. The first-order valence-electron chi connectivity index (χ1n) is 28.6. The van der Waals surface area contributed by atoms with E-state index < -0.39 is 12.1 Å². The Morgan fingerprint density at radius 3 is 1.12 bits per heavy atom. The largest absolute Gasteiger partial charge is 0.466 e. The summed E-state index contributed by atoms with van der Waals surface area (Å²) < 4.78 is 5.44. The number of allylic oxidation sites excluding steroid dienone is 3. The molecule has 2 atom stereocenters. The second kappa shape index (κ2) is 54.0. The summed E-state index contributed by atoms with van der Waals surface area (Å²) in [4.78, 5) is 24.5. The molecule has 0 aromatic heterocycles. The quantitative estimate of drug-likeness (QED) is 0.0321. The minimum absolute atomic E-state index is 0.0139. The van der Waals surface area contributed by atoms with E-state index in [1.54, 1.807) is 6.08 Å². The third kappa shape index (κ3) is 49.8. The lowest BCUT2D eigenvalue weighted by Gasteiger charge is -2.19. The van der Waals surface area contributed by atoms with Crippen LogP contribution in [-0.2, 0) is 14.3 Å². The van der Waals surface area contributed by atoms with Gasteiger partial charge in [-0.05, 0) is 57.8 Å². The van der Waals surface area contributed by atoms with Gasteiger partial charge < -0.3 is 20.3 Å². The molecule has 6 nitrogen and oxygen atoms in total. The van der Waals surface area contributed by atoms with Crippen LogP contribution in [0.15, 0.2) is 24.3 Å². The second-order valence-electron chi connectivity index (χ2n) is 19.6. The van der Waals surface area contributed by atoms with E-state index in [1.165, 1.54) is 212 Å². The van der Waals surface area contributed by atoms with E-state index in [1.807, 2.05) is 6.08 Å². The van der Waals surface area contributed by atoms with Crippen LogP contribution < -0.4 is 5.32 Å². The van der Waals surface area contributed by atoms with Crippen LogP contribution in [0.3, 0.4) is 0 Å². The number of carbonyl (C=O) groups excluding carboxylic acids is 2. The van der Waals surface area contributed by atoms with Crippen LogP contribution in [0.1, 0.15) is 309 Å². The highest BCUT2D eigenvalue weighted by Crippen LogP contribution is 2.17. The number of ether oxygens (including phenoxy) is 1. The highest BCUT2D eigenvalue weighted by molar-refractivity contribution is 5.76. The van der Waals surface area contributed by atoms with Gasteiger partial charge >= 0.3 is 5.97 Å². The van der Waals surface area contributed by atoms with Crippen LogP contribution in [0.25, 0.3) is 0 Å². The van der Waals surface area contributed by atoms with E-state index in [9.17, 15) is 19.8 Å². The summed E-state index contributed by atoms with van der Waals surface area (Å²) in [5.74, 6) is -0.109. The molecule has 2 unspecified atom stereocenters. The average molecular weight is 903 g/mol. The normalized spacial score (nSPS) is 12.8. The fourth-order valence-electron chi connectivity index (χ4n) is 8.81. The predicted molar refractivity (Wildman–Crippen MR) is 278 cm³/mol. The summed E-state index contributed by atoms with van der Waals surface area (Å²) in [5, 5.41) is 23.1. The highest BCUT2D eigenvalue weighted by atomic mass is 16.5. The number of hydrogen-bond donors (Lipinski definition) is 3. The molecular formula is C58H111NO5. The number of aliphatic hydroxyl groups is 2. The predicted octanol–water partition coefficient (Wildman–Crippen LogP) is 17.5. The van der Waals surface area contributed by atoms with Gasteiger partial charge in [0.05, 0.1) is 25.4 Å². The van der Waals surface area contributed by atoms with Crippen molar-refractivity contribution in [3.05, 3.63) is 24.3 Å². The van der Waals surface area contributed by atoms with Crippen LogP contribution in [0.4, 0.5) is 0 Å². The Bertz CT molecular complexity index is 997. The summed E-state index contributed by atoms with van der Waals surface area (Å²) in [5.41, 5.74) is 0. The van der Waals surface area contributed by atoms with Crippen LogP contribution in [0.2, 0.25) is 0 Å². The van der Waals surface area contributed by atoms with Crippen molar-refractivity contribution >= 4 is 11.9 Å². The van der Waals surface area contributed by atoms with Gasteiger partial charge in [0.15, 0.2) is 0 Å². The van der Waals surface area contributed by atoms with Crippen LogP contribution in [0.5, 0.6) is 0 Å². The van der Waals surface area contributed by atoms with Gasteiger partial charge in [0.25, 0.3) is 0 Å². The molecule has 0 aromatic rings. The van der Waals surface area contributed by atoms with Crippen LogP contribution >= 0.6 is 0 Å². The number of nitrogens with one attached hydrogen (secondary N) is 1. The molecule has 3 N–H and O–H groups in total. The van der Waals surface area contributed by atoms with Crippen molar-refractivity contribution in [2.45, 2.75) is 321 Å². The third-order valence-electron chi connectivity index (χ3n) is 13.2. The first kappa shape index (κ1) is 62.3. The lowest BCUT2D eigenvalue weighted by atomic mass is 10.0. The fourth-order valence-corrected chi connectivity index (χ4v) is 8.81. The smallest absolute Gasteiger partial charge is 0.305 e. The number of hydrogen-bond acceptors (Lipinski definition) is 5. The molecule has 0 aliphatic heterocycles. The number of amides is 1. The lowest BCUT2D eigenvalue weighted by molar-refractivity contribution is -0.143. The fraction of sp³-hybridized carbons (Fsp3) is 0.897. The molecular weight excluding hydrogens is 791 g/mol. The van der Waals surface area contributed by atoms with E-state index in [0.29, 0.717) is 19.4 Å². The van der Waals surface area contributed by atoms with Gasteiger partial charge in [-0.1, -0.05) is 263 Å². The van der Waals surface area contributed by atoms with Gasteiger partial charge in [-0.25, -0.2) is 0 Å². The maximum atomic E-state index is 12.5. The van der Waals surface area contributed by atoms with Crippen molar-refractivity contribution in [1.29, 1.82) is 0 Å². The molecule has 0 aliphatic carbocycles. The number of aliphatic hydroxyl groups excluding tert-OH is 2. The molecule has 1 amide bonds. The van der Waals surface area contributed by atoms with Crippen LogP contribution in [-0.4, -0.2) is 47.4 Å². The molecule has 0 saturated carbocycles. The van der Waals surface area contributed by atoms with Gasteiger partial charge in [-0.2, -0.15) is 0 Å². The summed E-state index contributed by atoms with van der Waals surface area (Å²) in [6.45, 7) is 4.87. The van der Waals surface area contributed by atoms with Gasteiger partial charge in [0.2, 0.25) is 5.91 Å². The van der Waals surface area contributed by atoms with Crippen LogP contribution in [0, 0.1) is 0 Å². The zero-order valence-electron chi connectivity index (χ0n) is 43.0. The van der Waals surface area contributed by atoms with Crippen molar-refractivity contribution < 1.29 is 24.5 Å². The van der Waals surface area contributed by atoms with Crippen molar-refractivity contribution in [3.8, 4) is 0 Å². The minimum Gasteiger partial charge on any atom is -0.466 e. The molecule has 0 rings (SSSR count). The molecule has 0 aliphatic rings. The maximum Gasteiger partial charge on any atom is 0.305 e. The van der Waals surface area contributed by atoms with Crippen molar-refractivity contribution in [3.63, 3.8) is 0 Å². The summed E-state index contributed by atoms with van der Waals surface area (Å²) in [6, 6.07) is -0.648. The van der Waals surface area contributed by atoms with E-state index in [-0.39, 0.29) is 18.5 Å². The Kier molecular flexibility index (Phi) is 52.6. The molecule has 0 fully saturated rings. The molecule has 378 valence electrons. The van der Waals surface area contributed by atoms with E-state index in [2.05, 4.69) is 31.3 Å². The Labute approximate surface area is 399 Å². The van der Waals surface area contributed by atoms with Gasteiger partial charge in [-0.15, -0.1) is 0 Å². The van der Waals surface area contributed by atoms with Crippen molar-refractivity contribution in [2.24, 2.45) is 0 Å². The van der Waals surface area contributed by atoms with Gasteiger partial charge in [0, 0.05) is 12.8 Å². The molecule has 0 radical (unpaired) electrons. The summed E-state index contributed by atoms with van der Waals surface area (Å²) in [7, 11) is 0. The number of esters is 1. The first-order chi connectivity index (χ1) is 31.5. The summed E-state index contributed by atoms with van der Waals surface area (Å²) >= 11 is 0. The minimum atomic E-state index is -0.862. The molecule has 0 saturated heterocycles. The Balaban J connectivity index is 3.53. The molecule has 0 aromatic carbocycles. The summed E-state index contributed by atoms with van der Waals surface area (Å²) in [6.07, 6.45) is 64.8. The average Bonchev–Trinajstić information content (AvgIpc) is 3.29. The molecule has 64 heavy (non-hydrogen) atoms. The number of unbranched alkanes of at least 4 members (excludes halogenated alkanes) is 40. The van der Waals surface area contributed by atoms with Gasteiger partial charge in [0.1, 0.15) is 0 Å². The Morgan fingerprint density at radius 1 is 0.422 bits per heavy atom. The SMILES string of the molecule is CCCCCCCCCCCCCCCCCCCCCCC/C=C/C(O)C(CO)NC(=O)CCCCC/C=C\CCCCCCCCOC(=O)CCCCCCCCCCCCC. The number of rotatable bonds is 53. The topological polar surface area (TPSA) is 95.9 Å². The third-order valence-corrected chi connectivity index (χ3v) is 13.2. The zero-order valence-corrected chi connectivity index (χ0v) is 43.0. The highest BCUT2D eigenvalue weighted by Gasteiger charge is 2.18. The van der Waals surface area contributed by atoms with E-state index >= 15 is 0 Å². The zero-order chi connectivity index (χ0) is 46.5. The Hall–Kier alpha value is -1.66. The first-order valence-corrected chi connectivity index (χ1v) is 28.6. The molecule has 0 heterocycles. The maximum absolute atomic E-state index is 12.5. The second-order valence-corrected chi connectivity index (χ2v) is 19.6. The molecule has 0 spiro atoms. The standard InChI is InChI=1S/C58H111NO5/c1-3-5-7-9-11-13-15-16-17-18-19-20-21-22-23-24-25-27-31-34-38-42-46-50-56(61)55(54-60)59-57(62)51-47-43-39-35-32-28-26-29-33-37-41-45-49-53-64-58(63)52-48-44-40-36-30-14-12-10-8-6-4-2/h28,32,46,50,55-56,60-61H,3-27,29-31,33-45,47-49,51-54H2,1-2H3,(H,59,62)/b32-28-,50-46+. The Morgan fingerprint density at radius 2 is 0.734 bits per heavy atom. The number of carbonyl (C=O) groups is 2. The van der Waals surface area contributed by atoms with Crippen molar-refractivity contribution in [1.82, 2.24) is 5.32 Å². The van der Waals surface area contributed by atoms with E-state index in [4.69, 9.17) is 4.74 Å². The van der Waals surface area contributed by atoms with Gasteiger partial charge in [-0.3, -0.25) is 9.59 Å².